The molecule has 1 unspecified atom stereocenters. The van der Waals surface area contributed by atoms with Gasteiger partial charge in [0.05, 0.1) is 4.90 Å². The van der Waals surface area contributed by atoms with Crippen molar-refractivity contribution in [3.05, 3.63) is 59.1 Å². The van der Waals surface area contributed by atoms with E-state index in [-0.39, 0.29) is 16.8 Å². The third-order valence-electron chi connectivity index (χ3n) is 3.49. The molecule has 0 aliphatic carbocycles. The highest BCUT2D eigenvalue weighted by Crippen LogP contribution is 2.19. The molecular formula is C17H19ClN2O3S. The molecular weight excluding hydrogens is 348 g/mol. The minimum atomic E-state index is -3.79. The molecule has 0 saturated carbocycles. The van der Waals surface area contributed by atoms with E-state index in [0.29, 0.717) is 16.3 Å². The van der Waals surface area contributed by atoms with E-state index in [2.05, 4.69) is 10.0 Å². The van der Waals surface area contributed by atoms with Crippen LogP contribution in [0.3, 0.4) is 0 Å². The molecule has 24 heavy (non-hydrogen) atoms. The first-order valence-corrected chi connectivity index (χ1v) is 9.37. The van der Waals surface area contributed by atoms with E-state index in [1.54, 1.807) is 36.4 Å². The van der Waals surface area contributed by atoms with Crippen LogP contribution in [-0.4, -0.2) is 20.4 Å². The van der Waals surface area contributed by atoms with Gasteiger partial charge in [0.25, 0.3) is 15.9 Å². The molecule has 128 valence electrons. The van der Waals surface area contributed by atoms with E-state index >= 15 is 0 Å². The van der Waals surface area contributed by atoms with Gasteiger partial charge in [-0.1, -0.05) is 24.6 Å². The van der Waals surface area contributed by atoms with Crippen LogP contribution < -0.4 is 10.0 Å². The highest BCUT2D eigenvalue weighted by atomic mass is 35.5. The number of nitrogens with one attached hydrogen (secondary N) is 2. The average Bonchev–Trinajstić information content (AvgIpc) is 2.56. The van der Waals surface area contributed by atoms with Gasteiger partial charge in [-0.05, 0) is 55.8 Å². The second kappa shape index (κ2) is 7.68. The third kappa shape index (κ3) is 4.72. The smallest absolute Gasteiger partial charge is 0.261 e. The van der Waals surface area contributed by atoms with E-state index < -0.39 is 10.0 Å². The van der Waals surface area contributed by atoms with Gasteiger partial charge >= 0.3 is 0 Å². The number of hydrogen-bond acceptors (Lipinski definition) is 3. The fourth-order valence-corrected chi connectivity index (χ4v) is 3.18. The number of sulfonamides is 1. The monoisotopic (exact) mass is 366 g/mol. The number of carbonyl (C=O) groups excluding carboxylic acids is 1. The van der Waals surface area contributed by atoms with Crippen molar-refractivity contribution in [3.63, 3.8) is 0 Å². The number of anilines is 1. The molecule has 0 heterocycles. The summed E-state index contributed by atoms with van der Waals surface area (Å²) in [5, 5.41) is 3.33. The van der Waals surface area contributed by atoms with Gasteiger partial charge < -0.3 is 5.32 Å². The average molecular weight is 367 g/mol. The van der Waals surface area contributed by atoms with Gasteiger partial charge in [-0.3, -0.25) is 9.52 Å². The minimum Gasteiger partial charge on any atom is -0.350 e. The lowest BCUT2D eigenvalue weighted by molar-refractivity contribution is 0.0939. The van der Waals surface area contributed by atoms with Crippen molar-refractivity contribution in [2.45, 2.75) is 31.2 Å². The van der Waals surface area contributed by atoms with Crippen LogP contribution in [-0.2, 0) is 10.0 Å². The SMILES string of the molecule is CCC(C)NC(=O)c1cccc(S(=O)(=O)Nc2ccc(Cl)cc2)c1. The molecule has 2 N–H and O–H groups in total. The van der Waals surface area contributed by atoms with Crippen molar-refractivity contribution in [2.24, 2.45) is 0 Å². The van der Waals surface area contributed by atoms with Crippen molar-refractivity contribution in [2.75, 3.05) is 4.72 Å². The molecule has 7 heteroatoms. The normalized spacial score (nSPS) is 12.5. The van der Waals surface area contributed by atoms with Gasteiger partial charge in [-0.25, -0.2) is 8.42 Å². The first-order chi connectivity index (χ1) is 11.3. The largest absolute Gasteiger partial charge is 0.350 e. The summed E-state index contributed by atoms with van der Waals surface area (Å²) in [7, 11) is -3.79. The lowest BCUT2D eigenvalue weighted by atomic mass is 10.2. The quantitative estimate of drug-likeness (QED) is 0.819. The van der Waals surface area contributed by atoms with Gasteiger partial charge in [-0.2, -0.15) is 0 Å². The summed E-state index contributed by atoms with van der Waals surface area (Å²) in [5.41, 5.74) is 0.697. The molecule has 0 aliphatic rings. The zero-order valence-electron chi connectivity index (χ0n) is 13.4. The second-order valence-corrected chi connectivity index (χ2v) is 7.54. The van der Waals surface area contributed by atoms with Crippen LogP contribution in [0.4, 0.5) is 5.69 Å². The van der Waals surface area contributed by atoms with Crippen LogP contribution in [0, 0.1) is 0 Å². The van der Waals surface area contributed by atoms with E-state index in [4.69, 9.17) is 11.6 Å². The highest BCUT2D eigenvalue weighted by Gasteiger charge is 2.17. The lowest BCUT2D eigenvalue weighted by Gasteiger charge is -2.12. The fourth-order valence-electron chi connectivity index (χ4n) is 1.95. The third-order valence-corrected chi connectivity index (χ3v) is 5.12. The molecule has 0 aromatic heterocycles. The summed E-state index contributed by atoms with van der Waals surface area (Å²) >= 11 is 5.79. The van der Waals surface area contributed by atoms with Crippen molar-refractivity contribution < 1.29 is 13.2 Å². The predicted octanol–water partition coefficient (Wildman–Crippen LogP) is 3.67. The number of carbonyl (C=O) groups is 1. The molecule has 2 rings (SSSR count). The Morgan fingerprint density at radius 2 is 1.83 bits per heavy atom. The van der Waals surface area contributed by atoms with Crippen LogP contribution >= 0.6 is 11.6 Å². The van der Waals surface area contributed by atoms with E-state index in [0.717, 1.165) is 6.42 Å². The molecule has 2 aromatic carbocycles. The molecule has 1 atom stereocenters. The molecule has 0 saturated heterocycles. The topological polar surface area (TPSA) is 75.3 Å². The maximum atomic E-state index is 12.5. The van der Waals surface area contributed by atoms with Gasteiger partial charge in [-0.15, -0.1) is 0 Å². The Morgan fingerprint density at radius 1 is 1.17 bits per heavy atom. The van der Waals surface area contributed by atoms with E-state index in [9.17, 15) is 13.2 Å². The van der Waals surface area contributed by atoms with Crippen molar-refractivity contribution in [3.8, 4) is 0 Å². The fraction of sp³-hybridized carbons (Fsp3) is 0.235. The maximum absolute atomic E-state index is 12.5. The Morgan fingerprint density at radius 3 is 2.46 bits per heavy atom. The number of hydrogen-bond donors (Lipinski definition) is 2. The van der Waals surface area contributed by atoms with Gasteiger partial charge in [0, 0.05) is 22.3 Å². The first-order valence-electron chi connectivity index (χ1n) is 7.51. The zero-order chi connectivity index (χ0) is 17.7. The van der Waals surface area contributed by atoms with Crippen LogP contribution in [0.1, 0.15) is 30.6 Å². The molecule has 2 aromatic rings. The summed E-state index contributed by atoms with van der Waals surface area (Å²) < 4.78 is 27.4. The number of amides is 1. The molecule has 0 spiro atoms. The summed E-state index contributed by atoms with van der Waals surface area (Å²) in [4.78, 5) is 12.2. The lowest BCUT2D eigenvalue weighted by Crippen LogP contribution is -2.32. The maximum Gasteiger partial charge on any atom is 0.261 e. The van der Waals surface area contributed by atoms with Crippen LogP contribution in [0.2, 0.25) is 5.02 Å². The van der Waals surface area contributed by atoms with Crippen molar-refractivity contribution in [1.29, 1.82) is 0 Å². The Hall–Kier alpha value is -2.05. The molecule has 0 fully saturated rings. The molecule has 1 amide bonds. The summed E-state index contributed by atoms with van der Waals surface area (Å²) in [6.45, 7) is 3.85. The molecule has 5 nitrogen and oxygen atoms in total. The predicted molar refractivity (Wildman–Crippen MR) is 95.9 cm³/mol. The zero-order valence-corrected chi connectivity index (χ0v) is 15.0. The van der Waals surface area contributed by atoms with Crippen LogP contribution in [0.5, 0.6) is 0 Å². The number of rotatable bonds is 6. The van der Waals surface area contributed by atoms with Gasteiger partial charge in [0.1, 0.15) is 0 Å². The summed E-state index contributed by atoms with van der Waals surface area (Å²) in [5.74, 6) is -0.298. The summed E-state index contributed by atoms with van der Waals surface area (Å²) in [6.07, 6.45) is 0.794. The van der Waals surface area contributed by atoms with Gasteiger partial charge in [0.2, 0.25) is 0 Å². The molecule has 0 aliphatic heterocycles. The Balaban J connectivity index is 2.23. The van der Waals surface area contributed by atoms with E-state index in [1.807, 2.05) is 13.8 Å². The van der Waals surface area contributed by atoms with Gasteiger partial charge in [0.15, 0.2) is 0 Å². The van der Waals surface area contributed by atoms with Crippen LogP contribution in [0.25, 0.3) is 0 Å². The number of halogens is 1. The summed E-state index contributed by atoms with van der Waals surface area (Å²) in [6, 6.07) is 12.3. The van der Waals surface area contributed by atoms with Crippen molar-refractivity contribution in [1.82, 2.24) is 5.32 Å². The Labute approximate surface area is 147 Å². The molecule has 0 radical (unpaired) electrons. The van der Waals surface area contributed by atoms with E-state index in [1.165, 1.54) is 12.1 Å². The minimum absolute atomic E-state index is 0.0185. The number of benzene rings is 2. The first kappa shape index (κ1) is 18.3. The van der Waals surface area contributed by atoms with Crippen molar-refractivity contribution >= 4 is 33.2 Å². The second-order valence-electron chi connectivity index (χ2n) is 5.42. The van der Waals surface area contributed by atoms with Crippen LogP contribution in [0.15, 0.2) is 53.4 Å². The Kier molecular flexibility index (Phi) is 5.85. The highest BCUT2D eigenvalue weighted by molar-refractivity contribution is 7.92. The molecule has 0 bridgehead atoms. The Bertz CT molecular complexity index is 820. The standard InChI is InChI=1S/C17H19ClN2O3S/c1-3-12(2)19-17(21)13-5-4-6-16(11-13)24(22,23)20-15-9-7-14(18)8-10-15/h4-12,20H,3H2,1-2H3,(H,19,21).